The lowest BCUT2D eigenvalue weighted by Crippen LogP contribution is -2.31. The first-order valence-electron chi connectivity index (χ1n) is 7.15. The highest BCUT2D eigenvalue weighted by molar-refractivity contribution is 5.81. The van der Waals surface area contributed by atoms with Gasteiger partial charge in [0, 0.05) is 32.0 Å². The number of aliphatic hydroxyl groups is 1. The van der Waals surface area contributed by atoms with Gasteiger partial charge in [0.05, 0.1) is 0 Å². The van der Waals surface area contributed by atoms with E-state index in [1.54, 1.807) is 0 Å². The van der Waals surface area contributed by atoms with Gasteiger partial charge >= 0.3 is 0 Å². The van der Waals surface area contributed by atoms with Crippen LogP contribution in [0.4, 0.5) is 0 Å². The molecule has 0 aromatic rings. The van der Waals surface area contributed by atoms with Crippen LogP contribution in [0.2, 0.25) is 0 Å². The Bertz CT molecular complexity index is 255. The zero-order chi connectivity index (χ0) is 12.1. The summed E-state index contributed by atoms with van der Waals surface area (Å²) in [5.74, 6) is 1.44. The monoisotopic (exact) mass is 239 g/mol. The van der Waals surface area contributed by atoms with E-state index in [0.717, 1.165) is 45.3 Å². The Morgan fingerprint density at radius 2 is 2.12 bits per heavy atom. The van der Waals surface area contributed by atoms with E-state index in [2.05, 4.69) is 4.90 Å². The van der Waals surface area contributed by atoms with Gasteiger partial charge in [-0.15, -0.1) is 0 Å². The van der Waals surface area contributed by atoms with Gasteiger partial charge in [-0.2, -0.15) is 0 Å². The Kier molecular flexibility index (Phi) is 4.99. The molecule has 3 nitrogen and oxygen atoms in total. The number of hydrogen-bond acceptors (Lipinski definition) is 3. The fraction of sp³-hybridized carbons (Fsp3) is 0.929. The topological polar surface area (TPSA) is 40.5 Å². The Morgan fingerprint density at radius 3 is 2.94 bits per heavy atom. The third kappa shape index (κ3) is 3.78. The van der Waals surface area contributed by atoms with Crippen molar-refractivity contribution in [2.24, 2.45) is 11.8 Å². The minimum Gasteiger partial charge on any atom is -0.396 e. The van der Waals surface area contributed by atoms with E-state index in [1.165, 1.54) is 19.3 Å². The number of ketones is 1. The van der Waals surface area contributed by atoms with Crippen molar-refractivity contribution in [1.29, 1.82) is 0 Å². The SMILES string of the molecule is O=C1CCCCCC1CN1CCC(CCO)C1. The van der Waals surface area contributed by atoms with Crippen molar-refractivity contribution in [3.8, 4) is 0 Å². The number of Topliss-reactive ketones (excluding diaryl/α,β-unsaturated/α-hetero) is 1. The zero-order valence-corrected chi connectivity index (χ0v) is 10.7. The van der Waals surface area contributed by atoms with Gasteiger partial charge in [-0.25, -0.2) is 0 Å². The number of aliphatic hydroxyl groups excluding tert-OH is 1. The van der Waals surface area contributed by atoms with Crippen LogP contribution in [0.1, 0.15) is 44.9 Å². The van der Waals surface area contributed by atoms with Crippen LogP contribution in [0.3, 0.4) is 0 Å². The van der Waals surface area contributed by atoms with Gasteiger partial charge < -0.3 is 10.0 Å². The van der Waals surface area contributed by atoms with Crippen molar-refractivity contribution in [2.45, 2.75) is 44.9 Å². The molecule has 1 heterocycles. The molecule has 0 aromatic heterocycles. The second kappa shape index (κ2) is 6.50. The third-order valence-electron chi connectivity index (χ3n) is 4.32. The van der Waals surface area contributed by atoms with Crippen molar-refractivity contribution in [3.63, 3.8) is 0 Å². The maximum absolute atomic E-state index is 11.9. The molecular weight excluding hydrogens is 214 g/mol. The molecule has 2 atom stereocenters. The number of hydrogen-bond donors (Lipinski definition) is 1. The number of rotatable bonds is 4. The molecule has 2 aliphatic rings. The van der Waals surface area contributed by atoms with Gasteiger partial charge in [-0.3, -0.25) is 4.79 Å². The summed E-state index contributed by atoms with van der Waals surface area (Å²) < 4.78 is 0. The molecule has 2 rings (SSSR count). The second-order valence-corrected chi connectivity index (χ2v) is 5.69. The molecule has 0 spiro atoms. The van der Waals surface area contributed by atoms with Gasteiger partial charge in [-0.05, 0) is 38.1 Å². The first kappa shape index (κ1) is 13.0. The fourth-order valence-corrected chi connectivity index (χ4v) is 3.23. The average Bonchev–Trinajstić information content (AvgIpc) is 2.65. The largest absolute Gasteiger partial charge is 0.396 e. The zero-order valence-electron chi connectivity index (χ0n) is 10.7. The van der Waals surface area contributed by atoms with Gasteiger partial charge in [0.1, 0.15) is 5.78 Å². The third-order valence-corrected chi connectivity index (χ3v) is 4.32. The van der Waals surface area contributed by atoms with Crippen molar-refractivity contribution in [1.82, 2.24) is 4.90 Å². The van der Waals surface area contributed by atoms with Gasteiger partial charge in [0.25, 0.3) is 0 Å². The van der Waals surface area contributed by atoms with Crippen LogP contribution in [0, 0.1) is 11.8 Å². The van der Waals surface area contributed by atoms with E-state index in [-0.39, 0.29) is 0 Å². The normalized spacial score (nSPS) is 31.7. The Morgan fingerprint density at radius 1 is 1.24 bits per heavy atom. The molecule has 0 amide bonds. The molecule has 1 saturated carbocycles. The van der Waals surface area contributed by atoms with E-state index < -0.39 is 0 Å². The van der Waals surface area contributed by atoms with Crippen LogP contribution < -0.4 is 0 Å². The Labute approximate surface area is 104 Å². The minimum absolute atomic E-state index is 0.297. The first-order chi connectivity index (χ1) is 8.29. The number of carbonyl (C=O) groups is 1. The summed E-state index contributed by atoms with van der Waals surface area (Å²) >= 11 is 0. The summed E-state index contributed by atoms with van der Waals surface area (Å²) in [6.45, 7) is 3.49. The lowest BCUT2D eigenvalue weighted by Gasteiger charge is -2.21. The van der Waals surface area contributed by atoms with Gasteiger partial charge in [-0.1, -0.05) is 12.8 Å². The Hall–Kier alpha value is -0.410. The van der Waals surface area contributed by atoms with Crippen LogP contribution in [0.5, 0.6) is 0 Å². The lowest BCUT2D eigenvalue weighted by molar-refractivity contribution is -0.123. The Balaban J connectivity index is 1.78. The highest BCUT2D eigenvalue weighted by Gasteiger charge is 2.27. The summed E-state index contributed by atoms with van der Waals surface area (Å²) in [4.78, 5) is 14.4. The van der Waals surface area contributed by atoms with E-state index in [9.17, 15) is 4.79 Å². The van der Waals surface area contributed by atoms with Crippen LogP contribution in [-0.2, 0) is 4.79 Å². The lowest BCUT2D eigenvalue weighted by atomic mass is 9.98. The maximum atomic E-state index is 11.9. The van der Waals surface area contributed by atoms with Crippen molar-refractivity contribution >= 4 is 5.78 Å². The summed E-state index contributed by atoms with van der Waals surface area (Å²) in [5, 5.41) is 8.94. The standard InChI is InChI=1S/C14H25NO2/c16-9-7-12-6-8-15(10-12)11-13-4-2-1-3-5-14(13)17/h12-13,16H,1-11H2. The second-order valence-electron chi connectivity index (χ2n) is 5.69. The first-order valence-corrected chi connectivity index (χ1v) is 7.15. The van der Waals surface area contributed by atoms with Crippen LogP contribution >= 0.6 is 0 Å². The van der Waals surface area contributed by atoms with Crippen molar-refractivity contribution in [2.75, 3.05) is 26.2 Å². The molecule has 1 saturated heterocycles. The molecule has 3 heteroatoms. The van der Waals surface area contributed by atoms with Crippen molar-refractivity contribution < 1.29 is 9.90 Å². The predicted molar refractivity (Wildman–Crippen MR) is 67.8 cm³/mol. The quantitative estimate of drug-likeness (QED) is 0.761. The molecule has 1 N–H and O–H groups in total. The molecule has 2 fully saturated rings. The molecular formula is C14H25NO2. The molecule has 1 aliphatic heterocycles. The van der Waals surface area contributed by atoms with E-state index in [1.807, 2.05) is 0 Å². The maximum Gasteiger partial charge on any atom is 0.137 e. The van der Waals surface area contributed by atoms with Crippen molar-refractivity contribution in [3.05, 3.63) is 0 Å². The molecule has 17 heavy (non-hydrogen) atoms. The number of carbonyl (C=O) groups excluding carboxylic acids is 1. The molecule has 2 unspecified atom stereocenters. The van der Waals surface area contributed by atoms with Gasteiger partial charge in [0.15, 0.2) is 0 Å². The molecule has 1 aliphatic carbocycles. The molecule has 0 aromatic carbocycles. The van der Waals surface area contributed by atoms with E-state index >= 15 is 0 Å². The van der Waals surface area contributed by atoms with Crippen LogP contribution in [0.15, 0.2) is 0 Å². The van der Waals surface area contributed by atoms with Crippen LogP contribution in [0.25, 0.3) is 0 Å². The highest BCUT2D eigenvalue weighted by Crippen LogP contribution is 2.25. The average molecular weight is 239 g/mol. The molecule has 98 valence electrons. The smallest absolute Gasteiger partial charge is 0.137 e. The fourth-order valence-electron chi connectivity index (χ4n) is 3.23. The minimum atomic E-state index is 0.297. The number of likely N-dealkylation sites (tertiary alicyclic amines) is 1. The molecule has 0 radical (unpaired) electrons. The highest BCUT2D eigenvalue weighted by atomic mass is 16.3. The molecule has 0 bridgehead atoms. The predicted octanol–water partition coefficient (Wildman–Crippen LogP) is 1.84. The van der Waals surface area contributed by atoms with E-state index in [4.69, 9.17) is 5.11 Å². The summed E-state index contributed by atoms with van der Waals surface area (Å²) in [7, 11) is 0. The summed E-state index contributed by atoms with van der Waals surface area (Å²) in [6.07, 6.45) is 7.58. The summed E-state index contributed by atoms with van der Waals surface area (Å²) in [5.41, 5.74) is 0. The van der Waals surface area contributed by atoms with Gasteiger partial charge in [0.2, 0.25) is 0 Å². The number of nitrogens with zero attached hydrogens (tertiary/aromatic N) is 1. The summed E-state index contributed by atoms with van der Waals surface area (Å²) in [6, 6.07) is 0. The van der Waals surface area contributed by atoms with E-state index in [0.29, 0.717) is 24.2 Å². The van der Waals surface area contributed by atoms with Crippen LogP contribution in [-0.4, -0.2) is 42.0 Å².